The van der Waals surface area contributed by atoms with E-state index in [9.17, 15) is 4.79 Å². The monoisotopic (exact) mass is 384 g/mol. The van der Waals surface area contributed by atoms with Crippen molar-refractivity contribution in [1.82, 2.24) is 0 Å². The number of likely N-dealkylation sites (N-methyl/N-ethyl adjacent to an activating group) is 1. The highest BCUT2D eigenvalue weighted by Gasteiger charge is 2.23. The van der Waals surface area contributed by atoms with Crippen LogP contribution in [-0.2, 0) is 4.79 Å². The van der Waals surface area contributed by atoms with Crippen molar-refractivity contribution in [2.75, 3.05) is 16.8 Å². The average Bonchev–Trinajstić information content (AvgIpc) is 2.76. The largest absolute Gasteiger partial charge is 0.370 e. The third-order valence-corrected chi connectivity index (χ3v) is 5.11. The quantitative estimate of drug-likeness (QED) is 0.554. The smallest absolute Gasteiger partial charge is 0.253 e. The number of carbonyl (C=O) groups excluding carboxylic acids is 1. The first-order valence-corrected chi connectivity index (χ1v) is 10.0. The van der Waals surface area contributed by atoms with Gasteiger partial charge in [-0.15, -0.1) is 0 Å². The van der Waals surface area contributed by atoms with Crippen LogP contribution >= 0.6 is 0 Å². The maximum Gasteiger partial charge on any atom is 0.253 e. The highest BCUT2D eigenvalue weighted by atomic mass is 16.2. The van der Waals surface area contributed by atoms with Gasteiger partial charge in [-0.25, -0.2) is 0 Å². The fraction of sp³-hybridized carbons (Fsp3) is 0.192. The van der Waals surface area contributed by atoms with E-state index < -0.39 is 6.04 Å². The Bertz CT molecular complexity index is 965. The number of nitrogens with one attached hydrogen (secondary N) is 1. The van der Waals surface area contributed by atoms with Crippen molar-refractivity contribution in [1.29, 1.82) is 0 Å². The van der Waals surface area contributed by atoms with Gasteiger partial charge in [-0.3, -0.25) is 4.79 Å². The lowest BCUT2D eigenvalue weighted by Gasteiger charge is -2.27. The lowest BCUT2D eigenvalue weighted by Crippen LogP contribution is -2.42. The minimum atomic E-state index is -0.476. The predicted molar refractivity (Wildman–Crippen MR) is 123 cm³/mol. The first-order chi connectivity index (χ1) is 14.1. The summed E-state index contributed by atoms with van der Waals surface area (Å²) >= 11 is 0. The van der Waals surface area contributed by atoms with Crippen LogP contribution < -0.4 is 10.2 Å². The van der Waals surface area contributed by atoms with Crippen molar-refractivity contribution >= 4 is 23.4 Å². The standard InChI is InChI=1S/C26H28N2O/c1-4-28(23-15-9-6-10-16-23)26(29)25(19-18-22-13-7-5-8-14-22)27-24-17-11-12-20(2)21(24)3/h5-19,25,27H,4H2,1-3H3/b19-18+/t25-/m0/s1. The molecular weight excluding hydrogens is 356 g/mol. The van der Waals surface area contributed by atoms with Gasteiger partial charge in [-0.1, -0.05) is 72.8 Å². The van der Waals surface area contributed by atoms with Crippen LogP contribution in [0.15, 0.2) is 84.9 Å². The van der Waals surface area contributed by atoms with E-state index in [-0.39, 0.29) is 5.91 Å². The number of aryl methyl sites for hydroxylation is 1. The SMILES string of the molecule is CCN(C(=O)[C@H](/C=C/c1ccccc1)Nc1cccc(C)c1C)c1ccccc1. The van der Waals surface area contributed by atoms with Gasteiger partial charge in [0, 0.05) is 17.9 Å². The van der Waals surface area contributed by atoms with Crippen molar-refractivity contribution < 1.29 is 4.79 Å². The molecule has 0 unspecified atom stereocenters. The third-order valence-electron chi connectivity index (χ3n) is 5.11. The minimum absolute atomic E-state index is 0.0202. The maximum absolute atomic E-state index is 13.5. The number of para-hydroxylation sites is 1. The van der Waals surface area contributed by atoms with E-state index >= 15 is 0 Å². The van der Waals surface area contributed by atoms with Crippen molar-refractivity contribution in [2.45, 2.75) is 26.8 Å². The molecule has 3 nitrogen and oxygen atoms in total. The summed E-state index contributed by atoms with van der Waals surface area (Å²) in [6.07, 6.45) is 3.95. The Hall–Kier alpha value is -3.33. The third kappa shape index (κ3) is 5.14. The zero-order chi connectivity index (χ0) is 20.6. The van der Waals surface area contributed by atoms with Crippen LogP contribution in [0, 0.1) is 13.8 Å². The molecule has 0 radical (unpaired) electrons. The van der Waals surface area contributed by atoms with Crippen molar-refractivity contribution in [2.24, 2.45) is 0 Å². The van der Waals surface area contributed by atoms with E-state index in [4.69, 9.17) is 0 Å². The summed E-state index contributed by atoms with van der Waals surface area (Å²) in [6, 6.07) is 25.5. The topological polar surface area (TPSA) is 32.3 Å². The van der Waals surface area contributed by atoms with Crippen LogP contribution in [0.1, 0.15) is 23.6 Å². The molecule has 0 aliphatic rings. The number of hydrogen-bond acceptors (Lipinski definition) is 2. The second-order valence-corrected chi connectivity index (χ2v) is 7.06. The zero-order valence-corrected chi connectivity index (χ0v) is 17.3. The molecule has 3 heteroatoms. The number of benzene rings is 3. The maximum atomic E-state index is 13.5. The predicted octanol–water partition coefficient (Wildman–Crippen LogP) is 5.85. The summed E-state index contributed by atoms with van der Waals surface area (Å²) in [5.74, 6) is 0.0202. The molecule has 0 aromatic heterocycles. The Morgan fingerprint density at radius 2 is 1.59 bits per heavy atom. The number of anilines is 2. The summed E-state index contributed by atoms with van der Waals surface area (Å²) in [7, 11) is 0. The van der Waals surface area contributed by atoms with Gasteiger partial charge in [0.1, 0.15) is 6.04 Å². The van der Waals surface area contributed by atoms with Crippen LogP contribution in [0.2, 0.25) is 0 Å². The highest BCUT2D eigenvalue weighted by molar-refractivity contribution is 6.00. The lowest BCUT2D eigenvalue weighted by molar-refractivity contribution is -0.118. The molecule has 0 spiro atoms. The molecule has 0 bridgehead atoms. The van der Waals surface area contributed by atoms with Gasteiger partial charge in [0.25, 0.3) is 5.91 Å². The number of amides is 1. The molecule has 3 aromatic rings. The van der Waals surface area contributed by atoms with Crippen molar-refractivity contribution in [3.8, 4) is 0 Å². The second-order valence-electron chi connectivity index (χ2n) is 7.06. The molecule has 0 fully saturated rings. The molecular formula is C26H28N2O. The van der Waals surface area contributed by atoms with Crippen LogP contribution in [0.4, 0.5) is 11.4 Å². The second kappa shape index (κ2) is 9.74. The molecule has 1 atom stereocenters. The number of carbonyl (C=O) groups is 1. The molecule has 29 heavy (non-hydrogen) atoms. The van der Waals surface area contributed by atoms with Gasteiger partial charge >= 0.3 is 0 Å². The Balaban J connectivity index is 1.93. The van der Waals surface area contributed by atoms with Crippen molar-refractivity contribution in [3.05, 3.63) is 102 Å². The number of nitrogens with zero attached hydrogens (tertiary/aromatic N) is 1. The Morgan fingerprint density at radius 3 is 2.24 bits per heavy atom. The fourth-order valence-corrected chi connectivity index (χ4v) is 3.28. The first kappa shape index (κ1) is 20.4. The zero-order valence-electron chi connectivity index (χ0n) is 17.3. The van der Waals surface area contributed by atoms with Gasteiger partial charge in [-0.05, 0) is 55.7 Å². The first-order valence-electron chi connectivity index (χ1n) is 10.0. The molecule has 0 heterocycles. The van der Waals surface area contributed by atoms with Gasteiger partial charge in [0.05, 0.1) is 0 Å². The average molecular weight is 385 g/mol. The highest BCUT2D eigenvalue weighted by Crippen LogP contribution is 2.22. The summed E-state index contributed by atoms with van der Waals surface area (Å²) in [5.41, 5.74) is 5.30. The van der Waals surface area contributed by atoms with E-state index in [0.29, 0.717) is 6.54 Å². The van der Waals surface area contributed by atoms with Crippen LogP contribution in [-0.4, -0.2) is 18.5 Å². The number of hydrogen-bond donors (Lipinski definition) is 1. The van der Waals surface area contributed by atoms with Crippen molar-refractivity contribution in [3.63, 3.8) is 0 Å². The Morgan fingerprint density at radius 1 is 0.931 bits per heavy atom. The minimum Gasteiger partial charge on any atom is -0.370 e. The summed E-state index contributed by atoms with van der Waals surface area (Å²) in [5, 5.41) is 3.46. The normalized spacial score (nSPS) is 12.0. The molecule has 148 valence electrons. The van der Waals surface area contributed by atoms with Crippen LogP contribution in [0.5, 0.6) is 0 Å². The van der Waals surface area contributed by atoms with E-state index in [1.165, 1.54) is 5.56 Å². The number of rotatable bonds is 7. The molecule has 3 aromatic carbocycles. The fourth-order valence-electron chi connectivity index (χ4n) is 3.28. The molecule has 3 rings (SSSR count). The van der Waals surface area contributed by atoms with Crippen LogP contribution in [0.3, 0.4) is 0 Å². The summed E-state index contributed by atoms with van der Waals surface area (Å²) < 4.78 is 0. The van der Waals surface area contributed by atoms with Gasteiger partial charge in [-0.2, -0.15) is 0 Å². The molecule has 0 saturated heterocycles. The lowest BCUT2D eigenvalue weighted by atomic mass is 10.1. The summed E-state index contributed by atoms with van der Waals surface area (Å²) in [6.45, 7) is 6.77. The van der Waals surface area contributed by atoms with E-state index in [1.54, 1.807) is 0 Å². The molecule has 0 aliphatic carbocycles. The Labute approximate surface area is 173 Å². The molecule has 1 N–H and O–H groups in total. The summed E-state index contributed by atoms with van der Waals surface area (Å²) in [4.78, 5) is 15.3. The van der Waals surface area contributed by atoms with E-state index in [2.05, 4.69) is 25.2 Å². The van der Waals surface area contributed by atoms with Gasteiger partial charge in [0.2, 0.25) is 0 Å². The molecule has 0 saturated carbocycles. The Kier molecular flexibility index (Phi) is 6.85. The van der Waals surface area contributed by atoms with E-state index in [0.717, 1.165) is 22.5 Å². The van der Waals surface area contributed by atoms with E-state index in [1.807, 2.05) is 96.8 Å². The van der Waals surface area contributed by atoms with Gasteiger partial charge in [0.15, 0.2) is 0 Å². The molecule has 1 amide bonds. The molecule has 0 aliphatic heterocycles. The van der Waals surface area contributed by atoms with Crippen LogP contribution in [0.25, 0.3) is 6.08 Å². The van der Waals surface area contributed by atoms with Gasteiger partial charge < -0.3 is 10.2 Å².